The van der Waals surface area contributed by atoms with E-state index in [0.29, 0.717) is 0 Å². The lowest BCUT2D eigenvalue weighted by Crippen LogP contribution is -2.61. The van der Waals surface area contributed by atoms with E-state index in [4.69, 9.17) is 0 Å². The van der Waals surface area contributed by atoms with Crippen molar-refractivity contribution in [2.24, 2.45) is 0 Å². The fourth-order valence-electron chi connectivity index (χ4n) is 1.37. The van der Waals surface area contributed by atoms with Crippen LogP contribution in [-0.2, 0) is 9.59 Å². The molecule has 1 aliphatic heterocycles. The summed E-state index contributed by atoms with van der Waals surface area (Å²) in [6.07, 6.45) is 0. The Morgan fingerprint density at radius 2 is 2.08 bits per heavy atom. The van der Waals surface area contributed by atoms with E-state index in [1.165, 1.54) is 4.90 Å². The van der Waals surface area contributed by atoms with Crippen LogP contribution < -0.4 is 5.32 Å². The molecule has 1 fully saturated rings. The molecule has 0 saturated carbocycles. The fourth-order valence-corrected chi connectivity index (χ4v) is 1.37. The number of rotatable bonds is 2. The summed E-state index contributed by atoms with van der Waals surface area (Å²) in [6, 6.07) is -1.09. The molecule has 5 heteroatoms. The van der Waals surface area contributed by atoms with Crippen molar-refractivity contribution in [1.29, 1.82) is 0 Å². The van der Waals surface area contributed by atoms with E-state index in [1.54, 1.807) is 13.8 Å². The second-order valence-electron chi connectivity index (χ2n) is 3.13. The van der Waals surface area contributed by atoms with Gasteiger partial charge in [-0.15, -0.1) is 0 Å². The molecule has 4 nitrogen and oxygen atoms in total. The maximum absolute atomic E-state index is 12.1. The predicted octanol–water partition coefficient (Wildman–Crippen LogP) is -0.309. The van der Waals surface area contributed by atoms with Crippen LogP contribution in [0.3, 0.4) is 0 Å². The first-order chi connectivity index (χ1) is 6.07. The molecule has 1 rings (SSSR count). The van der Waals surface area contributed by atoms with Crippen LogP contribution in [0.25, 0.3) is 0 Å². The lowest BCUT2D eigenvalue weighted by Gasteiger charge is -2.35. The molecule has 2 amide bonds. The van der Waals surface area contributed by atoms with Crippen molar-refractivity contribution in [2.75, 3.05) is 13.2 Å². The van der Waals surface area contributed by atoms with Crippen LogP contribution in [0, 0.1) is 0 Å². The first-order valence-electron chi connectivity index (χ1n) is 4.24. The Labute approximate surface area is 76.1 Å². The molecule has 0 spiro atoms. The van der Waals surface area contributed by atoms with Gasteiger partial charge in [-0.2, -0.15) is 0 Å². The molecule has 1 saturated heterocycles. The van der Waals surface area contributed by atoms with E-state index in [0.717, 1.165) is 0 Å². The van der Waals surface area contributed by atoms with Crippen molar-refractivity contribution >= 4 is 11.8 Å². The first-order valence-corrected chi connectivity index (χ1v) is 4.24. The van der Waals surface area contributed by atoms with Crippen LogP contribution in [0.4, 0.5) is 4.39 Å². The minimum atomic E-state index is -0.615. The molecule has 1 aliphatic rings. The zero-order valence-corrected chi connectivity index (χ0v) is 7.71. The third-order valence-electron chi connectivity index (χ3n) is 2.18. The smallest absolute Gasteiger partial charge is 0.245 e. The summed E-state index contributed by atoms with van der Waals surface area (Å²) in [5.41, 5.74) is 0. The third-order valence-corrected chi connectivity index (χ3v) is 2.18. The summed E-state index contributed by atoms with van der Waals surface area (Å²) in [5, 5.41) is 2.51. The summed E-state index contributed by atoms with van der Waals surface area (Å²) in [5.74, 6) is -0.440. The normalized spacial score (nSPS) is 29.0. The minimum absolute atomic E-state index is 0.00222. The summed E-state index contributed by atoms with van der Waals surface area (Å²) >= 11 is 0. The lowest BCUT2D eigenvalue weighted by molar-refractivity contribution is -0.148. The lowest BCUT2D eigenvalue weighted by atomic mass is 10.1. The molecule has 1 heterocycles. The molecule has 0 bridgehead atoms. The Bertz CT molecular complexity index is 232. The number of nitrogens with one attached hydrogen (secondary N) is 1. The van der Waals surface area contributed by atoms with Gasteiger partial charge >= 0.3 is 0 Å². The Kier molecular flexibility index (Phi) is 2.85. The first kappa shape index (κ1) is 9.95. The maximum Gasteiger partial charge on any atom is 0.245 e. The number of alkyl halides is 1. The summed E-state index contributed by atoms with van der Waals surface area (Å²) in [4.78, 5) is 23.9. The highest BCUT2D eigenvalue weighted by Gasteiger charge is 2.35. The number of carbonyl (C=O) groups is 2. The van der Waals surface area contributed by atoms with E-state index in [-0.39, 0.29) is 18.4 Å². The minimum Gasteiger partial charge on any atom is -0.343 e. The quantitative estimate of drug-likeness (QED) is 0.646. The number of nitrogens with zero attached hydrogens (tertiary/aromatic N) is 1. The topological polar surface area (TPSA) is 49.4 Å². The van der Waals surface area contributed by atoms with Gasteiger partial charge in [0.15, 0.2) is 0 Å². The number of hydrogen-bond acceptors (Lipinski definition) is 2. The largest absolute Gasteiger partial charge is 0.343 e. The summed E-state index contributed by atoms with van der Waals surface area (Å²) in [6.45, 7) is 2.57. The maximum atomic E-state index is 12.1. The van der Waals surface area contributed by atoms with Gasteiger partial charge in [0.05, 0.1) is 0 Å². The second kappa shape index (κ2) is 3.72. The van der Waals surface area contributed by atoms with Crippen LogP contribution >= 0.6 is 0 Å². The van der Waals surface area contributed by atoms with Crippen LogP contribution in [0.15, 0.2) is 0 Å². The third kappa shape index (κ3) is 1.79. The fraction of sp³-hybridized carbons (Fsp3) is 0.750. The SMILES string of the molecule is CC1NC(=O)C(C)N(CCF)C1=O. The van der Waals surface area contributed by atoms with Crippen molar-refractivity contribution in [2.45, 2.75) is 25.9 Å². The molecule has 0 aromatic heterocycles. The Morgan fingerprint density at radius 3 is 2.62 bits per heavy atom. The highest BCUT2D eigenvalue weighted by atomic mass is 19.1. The monoisotopic (exact) mass is 188 g/mol. The van der Waals surface area contributed by atoms with E-state index in [2.05, 4.69) is 5.32 Å². The van der Waals surface area contributed by atoms with Crippen molar-refractivity contribution in [3.05, 3.63) is 0 Å². The number of halogens is 1. The highest BCUT2D eigenvalue weighted by Crippen LogP contribution is 2.08. The van der Waals surface area contributed by atoms with Crippen molar-refractivity contribution in [1.82, 2.24) is 10.2 Å². The molecule has 2 atom stereocenters. The van der Waals surface area contributed by atoms with Gasteiger partial charge < -0.3 is 10.2 Å². The molecule has 74 valence electrons. The van der Waals surface area contributed by atoms with Crippen molar-refractivity contribution < 1.29 is 14.0 Å². The van der Waals surface area contributed by atoms with Gasteiger partial charge in [0.2, 0.25) is 11.8 Å². The Hall–Kier alpha value is -1.13. The van der Waals surface area contributed by atoms with Gasteiger partial charge in [-0.25, -0.2) is 4.39 Å². The van der Waals surface area contributed by atoms with Gasteiger partial charge in [-0.3, -0.25) is 9.59 Å². The van der Waals surface area contributed by atoms with Crippen LogP contribution in [0.2, 0.25) is 0 Å². The van der Waals surface area contributed by atoms with Gasteiger partial charge in [0, 0.05) is 6.54 Å². The van der Waals surface area contributed by atoms with Gasteiger partial charge in [0.25, 0.3) is 0 Å². The van der Waals surface area contributed by atoms with Crippen LogP contribution in [0.1, 0.15) is 13.8 Å². The molecular weight excluding hydrogens is 175 g/mol. The van der Waals surface area contributed by atoms with E-state index >= 15 is 0 Å². The molecule has 2 unspecified atom stereocenters. The van der Waals surface area contributed by atoms with Gasteiger partial charge in [0.1, 0.15) is 18.8 Å². The van der Waals surface area contributed by atoms with Gasteiger partial charge in [-0.1, -0.05) is 0 Å². The second-order valence-corrected chi connectivity index (χ2v) is 3.13. The van der Waals surface area contributed by atoms with Crippen molar-refractivity contribution in [3.63, 3.8) is 0 Å². The van der Waals surface area contributed by atoms with Crippen LogP contribution in [0.5, 0.6) is 0 Å². The molecule has 13 heavy (non-hydrogen) atoms. The van der Waals surface area contributed by atoms with Crippen LogP contribution in [-0.4, -0.2) is 42.0 Å². The Morgan fingerprint density at radius 1 is 1.46 bits per heavy atom. The molecule has 0 radical (unpaired) electrons. The number of piperazine rings is 1. The Balaban J connectivity index is 2.75. The van der Waals surface area contributed by atoms with Gasteiger partial charge in [-0.05, 0) is 13.8 Å². The molecule has 1 N–H and O–H groups in total. The zero-order chi connectivity index (χ0) is 10.0. The highest BCUT2D eigenvalue weighted by molar-refractivity contribution is 5.96. The number of carbonyl (C=O) groups excluding carboxylic acids is 2. The predicted molar refractivity (Wildman–Crippen MR) is 44.8 cm³/mol. The average Bonchev–Trinajstić information content (AvgIpc) is 2.09. The zero-order valence-electron chi connectivity index (χ0n) is 7.71. The number of hydrogen-bond donors (Lipinski definition) is 1. The summed E-state index contributed by atoms with van der Waals surface area (Å²) < 4.78 is 12.1. The average molecular weight is 188 g/mol. The standard InChI is InChI=1S/C8H13FN2O2/c1-5-8(13)11(4-3-9)6(2)7(12)10-5/h5-6H,3-4H2,1-2H3,(H,10,12). The molecule has 0 aromatic rings. The van der Waals surface area contributed by atoms with E-state index < -0.39 is 18.8 Å². The van der Waals surface area contributed by atoms with Crippen molar-refractivity contribution in [3.8, 4) is 0 Å². The molecular formula is C8H13FN2O2. The molecule has 0 aliphatic carbocycles. The molecule has 0 aromatic carbocycles. The van der Waals surface area contributed by atoms with E-state index in [1.807, 2.05) is 0 Å². The van der Waals surface area contributed by atoms with E-state index in [9.17, 15) is 14.0 Å². The number of amides is 2. The summed E-state index contributed by atoms with van der Waals surface area (Å²) in [7, 11) is 0.